The Morgan fingerprint density at radius 2 is 1.79 bits per heavy atom. The molecule has 1 saturated heterocycles. The van der Waals surface area contributed by atoms with E-state index in [2.05, 4.69) is 71.4 Å². The van der Waals surface area contributed by atoms with E-state index in [-0.39, 0.29) is 0 Å². The van der Waals surface area contributed by atoms with Gasteiger partial charge in [-0.2, -0.15) is 5.10 Å². The molecule has 1 aliphatic heterocycles. The van der Waals surface area contributed by atoms with Gasteiger partial charge in [0, 0.05) is 25.2 Å². The van der Waals surface area contributed by atoms with Crippen LogP contribution in [0.25, 0.3) is 0 Å². The smallest absolute Gasteiger partial charge is 0.0772 e. The first-order valence-corrected chi connectivity index (χ1v) is 10.7. The Labute approximate surface area is 171 Å². The van der Waals surface area contributed by atoms with Gasteiger partial charge < -0.3 is 4.90 Å². The minimum absolute atomic E-state index is 0.528. The zero-order valence-electron chi connectivity index (χ0n) is 17.9. The second-order valence-corrected chi connectivity index (χ2v) is 7.58. The average molecular weight is 380 g/mol. The summed E-state index contributed by atoms with van der Waals surface area (Å²) in [7, 11) is 2.15. The summed E-state index contributed by atoms with van der Waals surface area (Å²) in [6.45, 7) is 13.9. The van der Waals surface area contributed by atoms with Gasteiger partial charge in [0.25, 0.3) is 0 Å². The van der Waals surface area contributed by atoms with E-state index in [1.165, 1.54) is 24.1 Å². The average Bonchev–Trinajstić information content (AvgIpc) is 3.45. The van der Waals surface area contributed by atoms with Crippen LogP contribution in [0.2, 0.25) is 0 Å². The number of aromatic nitrogens is 2. The van der Waals surface area contributed by atoms with Crippen molar-refractivity contribution in [2.45, 2.75) is 51.5 Å². The number of hydrogen-bond donors (Lipinski definition) is 0. The molecule has 1 saturated carbocycles. The number of allylic oxidation sites excluding steroid dienone is 2. The number of likely N-dealkylation sites (N-methyl/N-ethyl adjacent to an activating group) is 1. The van der Waals surface area contributed by atoms with Crippen LogP contribution >= 0.6 is 0 Å². The van der Waals surface area contributed by atoms with E-state index in [1.54, 1.807) is 0 Å². The van der Waals surface area contributed by atoms with Crippen LogP contribution < -0.4 is 0 Å². The Balaban J connectivity index is 0.000000184. The summed E-state index contributed by atoms with van der Waals surface area (Å²) in [5, 5.41) is 4.62. The van der Waals surface area contributed by atoms with Crippen LogP contribution in [0.5, 0.6) is 0 Å². The molecule has 4 rings (SSSR count). The van der Waals surface area contributed by atoms with Crippen molar-refractivity contribution in [1.29, 1.82) is 0 Å². The third kappa shape index (κ3) is 6.79. The molecule has 1 aliphatic carbocycles. The topological polar surface area (TPSA) is 21.1 Å². The van der Waals surface area contributed by atoms with Crippen molar-refractivity contribution in [2.75, 3.05) is 20.1 Å². The highest BCUT2D eigenvalue weighted by atomic mass is 15.4. The lowest BCUT2D eigenvalue weighted by molar-refractivity contribution is 0.130. The SMILES string of the molecule is C=CCC(C=C)Cc1ccccc1.CC.CN1CC(n2ccc(C3CC3)n2)C1. The predicted octanol–water partition coefficient (Wildman–Crippen LogP) is 5.88. The standard InChI is InChI=1S/C13H16.C10H15N3.C2H6/c1-3-8-12(4-2)11-13-9-6-5-7-10-13;1-12-6-9(7-12)13-5-4-10(11-13)8-2-3-8;1-2/h3-7,9-10,12H,1-2,8,11H2;4-5,8-9H,2-3,6-7H2,1H3;1-2H3. The molecule has 0 radical (unpaired) electrons. The molecule has 1 aromatic carbocycles. The van der Waals surface area contributed by atoms with Gasteiger partial charge >= 0.3 is 0 Å². The molecule has 1 unspecified atom stereocenters. The third-order valence-corrected chi connectivity index (χ3v) is 5.19. The molecule has 2 fully saturated rings. The molecule has 3 heteroatoms. The Morgan fingerprint density at radius 3 is 2.32 bits per heavy atom. The minimum atomic E-state index is 0.528. The van der Waals surface area contributed by atoms with Crippen LogP contribution in [-0.2, 0) is 6.42 Å². The molecule has 0 N–H and O–H groups in total. The van der Waals surface area contributed by atoms with Crippen LogP contribution in [0.1, 0.15) is 56.3 Å². The summed E-state index contributed by atoms with van der Waals surface area (Å²) in [5.41, 5.74) is 2.68. The van der Waals surface area contributed by atoms with E-state index in [4.69, 9.17) is 0 Å². The predicted molar refractivity (Wildman–Crippen MR) is 121 cm³/mol. The lowest BCUT2D eigenvalue weighted by Crippen LogP contribution is -2.45. The molecule has 152 valence electrons. The maximum atomic E-state index is 4.62. The molecule has 2 aromatic rings. The van der Waals surface area contributed by atoms with E-state index >= 15 is 0 Å². The molecular formula is C25H37N3. The molecule has 0 amide bonds. The maximum absolute atomic E-state index is 4.62. The monoisotopic (exact) mass is 379 g/mol. The molecule has 0 spiro atoms. The van der Waals surface area contributed by atoms with E-state index < -0.39 is 0 Å². The quantitative estimate of drug-likeness (QED) is 0.560. The molecule has 1 aromatic heterocycles. The van der Waals surface area contributed by atoms with Crippen molar-refractivity contribution in [3.63, 3.8) is 0 Å². The summed E-state index contributed by atoms with van der Waals surface area (Å²) in [5.74, 6) is 1.32. The minimum Gasteiger partial charge on any atom is -0.302 e. The zero-order chi connectivity index (χ0) is 20.4. The van der Waals surface area contributed by atoms with Gasteiger partial charge in [0.15, 0.2) is 0 Å². The summed E-state index contributed by atoms with van der Waals surface area (Å²) in [4.78, 5) is 2.32. The van der Waals surface area contributed by atoms with Crippen molar-refractivity contribution < 1.29 is 0 Å². The molecule has 0 bridgehead atoms. The van der Waals surface area contributed by atoms with E-state index in [1.807, 2.05) is 32.1 Å². The van der Waals surface area contributed by atoms with E-state index in [9.17, 15) is 0 Å². The third-order valence-electron chi connectivity index (χ3n) is 5.19. The van der Waals surface area contributed by atoms with Crippen molar-refractivity contribution in [1.82, 2.24) is 14.7 Å². The van der Waals surface area contributed by atoms with Gasteiger partial charge in [-0.3, -0.25) is 4.68 Å². The zero-order valence-corrected chi connectivity index (χ0v) is 17.9. The van der Waals surface area contributed by atoms with Crippen molar-refractivity contribution in [3.8, 4) is 0 Å². The fourth-order valence-electron chi connectivity index (χ4n) is 3.38. The van der Waals surface area contributed by atoms with Gasteiger partial charge in [0.05, 0.1) is 11.7 Å². The highest BCUT2D eigenvalue weighted by molar-refractivity contribution is 5.16. The number of likely N-dealkylation sites (tertiary alicyclic amines) is 1. The molecule has 2 heterocycles. The highest BCUT2D eigenvalue weighted by Gasteiger charge is 2.29. The maximum Gasteiger partial charge on any atom is 0.0772 e. The van der Waals surface area contributed by atoms with Crippen molar-refractivity contribution in [3.05, 3.63) is 79.2 Å². The van der Waals surface area contributed by atoms with Crippen molar-refractivity contribution in [2.24, 2.45) is 5.92 Å². The molecule has 2 aliphatic rings. The van der Waals surface area contributed by atoms with Crippen LogP contribution in [0.4, 0.5) is 0 Å². The first kappa shape index (κ1) is 22.2. The fourth-order valence-corrected chi connectivity index (χ4v) is 3.38. The van der Waals surface area contributed by atoms with Gasteiger partial charge in [-0.25, -0.2) is 0 Å². The van der Waals surface area contributed by atoms with E-state index in [0.717, 1.165) is 31.8 Å². The highest BCUT2D eigenvalue weighted by Crippen LogP contribution is 2.39. The van der Waals surface area contributed by atoms with Crippen LogP contribution in [0.3, 0.4) is 0 Å². The van der Waals surface area contributed by atoms with Gasteiger partial charge in [0.1, 0.15) is 0 Å². The second kappa shape index (κ2) is 11.7. The number of benzene rings is 1. The van der Waals surface area contributed by atoms with Gasteiger partial charge in [-0.1, -0.05) is 56.3 Å². The Hall–Kier alpha value is -2.13. The lowest BCUT2D eigenvalue weighted by Gasteiger charge is -2.36. The van der Waals surface area contributed by atoms with Gasteiger partial charge in [-0.05, 0) is 50.3 Å². The normalized spacial score (nSPS) is 17.2. The fraction of sp³-hybridized carbons (Fsp3) is 0.480. The lowest BCUT2D eigenvalue weighted by atomic mass is 9.96. The molecular weight excluding hydrogens is 342 g/mol. The van der Waals surface area contributed by atoms with Crippen LogP contribution in [0, 0.1) is 5.92 Å². The van der Waals surface area contributed by atoms with Crippen LogP contribution in [-0.4, -0.2) is 34.8 Å². The Kier molecular flexibility index (Phi) is 9.22. The summed E-state index contributed by atoms with van der Waals surface area (Å²) >= 11 is 0. The summed E-state index contributed by atoms with van der Waals surface area (Å²) in [6, 6.07) is 13.3. The Morgan fingerprint density at radius 1 is 1.11 bits per heavy atom. The second-order valence-electron chi connectivity index (χ2n) is 7.58. The first-order valence-electron chi connectivity index (χ1n) is 10.7. The molecule has 1 atom stereocenters. The number of hydrogen-bond acceptors (Lipinski definition) is 2. The first-order chi connectivity index (χ1) is 13.7. The van der Waals surface area contributed by atoms with Gasteiger partial charge in [-0.15, -0.1) is 13.2 Å². The summed E-state index contributed by atoms with van der Waals surface area (Å²) in [6.07, 6.45) is 10.9. The van der Waals surface area contributed by atoms with Crippen molar-refractivity contribution >= 4 is 0 Å². The summed E-state index contributed by atoms with van der Waals surface area (Å²) < 4.78 is 2.15. The molecule has 3 nitrogen and oxygen atoms in total. The molecule has 28 heavy (non-hydrogen) atoms. The van der Waals surface area contributed by atoms with E-state index in [0.29, 0.717) is 12.0 Å². The van der Waals surface area contributed by atoms with Crippen LogP contribution in [0.15, 0.2) is 67.9 Å². The number of rotatable bonds is 7. The number of nitrogens with zero attached hydrogens (tertiary/aromatic N) is 3. The van der Waals surface area contributed by atoms with Gasteiger partial charge in [0.2, 0.25) is 0 Å². The Bertz CT molecular complexity index is 694. The largest absolute Gasteiger partial charge is 0.302 e.